The zero-order valence-electron chi connectivity index (χ0n) is 11.8. The van der Waals surface area contributed by atoms with Crippen molar-refractivity contribution in [2.75, 3.05) is 11.9 Å². The lowest BCUT2D eigenvalue weighted by Gasteiger charge is -2.22. The lowest BCUT2D eigenvalue weighted by Crippen LogP contribution is -2.37. The van der Waals surface area contributed by atoms with Gasteiger partial charge in [0.25, 0.3) is 0 Å². The van der Waals surface area contributed by atoms with Gasteiger partial charge in [-0.2, -0.15) is 0 Å². The Morgan fingerprint density at radius 1 is 1.40 bits per heavy atom. The molecule has 5 heteroatoms. The molecule has 5 nitrogen and oxygen atoms in total. The van der Waals surface area contributed by atoms with E-state index in [4.69, 9.17) is 5.11 Å². The Bertz CT molecular complexity index is 516. The van der Waals surface area contributed by atoms with Crippen molar-refractivity contribution < 1.29 is 14.7 Å². The highest BCUT2D eigenvalue weighted by atomic mass is 16.4. The van der Waals surface area contributed by atoms with Crippen molar-refractivity contribution in [3.8, 4) is 0 Å². The predicted molar refractivity (Wildman–Crippen MR) is 76.7 cm³/mol. The third-order valence-electron chi connectivity index (χ3n) is 3.58. The van der Waals surface area contributed by atoms with E-state index in [2.05, 4.69) is 12.2 Å². The number of carbonyl (C=O) groups excluding carboxylic acids is 1. The van der Waals surface area contributed by atoms with Gasteiger partial charge in [0.15, 0.2) is 0 Å². The summed E-state index contributed by atoms with van der Waals surface area (Å²) in [7, 11) is 0. The molecular formula is C15H20N2O3. The molecule has 0 radical (unpaired) electrons. The number of amides is 2. The van der Waals surface area contributed by atoms with E-state index in [1.165, 1.54) is 0 Å². The highest BCUT2D eigenvalue weighted by molar-refractivity contribution is 5.90. The fourth-order valence-corrected chi connectivity index (χ4v) is 2.71. The van der Waals surface area contributed by atoms with Crippen LogP contribution in [0.5, 0.6) is 0 Å². The second kappa shape index (κ2) is 5.94. The van der Waals surface area contributed by atoms with Gasteiger partial charge in [-0.15, -0.1) is 0 Å². The average Bonchev–Trinajstić information content (AvgIpc) is 2.68. The summed E-state index contributed by atoms with van der Waals surface area (Å²) in [5.74, 6) is -0.357. The molecule has 20 heavy (non-hydrogen) atoms. The minimum Gasteiger partial charge on any atom is -0.481 e. The smallest absolute Gasteiger partial charge is 0.322 e. The number of nitrogens with one attached hydrogen (secondary N) is 1. The lowest BCUT2D eigenvalue weighted by atomic mass is 10.1. The number of nitrogens with zero attached hydrogens (tertiary/aromatic N) is 1. The Labute approximate surface area is 118 Å². The number of benzene rings is 1. The molecule has 2 N–H and O–H groups in total. The average molecular weight is 276 g/mol. The summed E-state index contributed by atoms with van der Waals surface area (Å²) in [6.07, 6.45) is 0.979. The van der Waals surface area contributed by atoms with E-state index in [1.54, 1.807) is 24.3 Å². The van der Waals surface area contributed by atoms with Crippen LogP contribution in [-0.4, -0.2) is 34.6 Å². The molecule has 2 rings (SSSR count). The van der Waals surface area contributed by atoms with Crippen molar-refractivity contribution in [2.45, 2.75) is 32.7 Å². The quantitative estimate of drug-likeness (QED) is 0.891. The topological polar surface area (TPSA) is 69.6 Å². The highest BCUT2D eigenvalue weighted by Crippen LogP contribution is 2.23. The monoisotopic (exact) mass is 276 g/mol. The van der Waals surface area contributed by atoms with Crippen LogP contribution < -0.4 is 5.32 Å². The second-order valence-corrected chi connectivity index (χ2v) is 5.54. The number of carboxylic acid groups (broad SMARTS) is 1. The molecule has 0 saturated carbocycles. The van der Waals surface area contributed by atoms with E-state index >= 15 is 0 Å². The van der Waals surface area contributed by atoms with E-state index in [-0.39, 0.29) is 18.5 Å². The second-order valence-electron chi connectivity index (χ2n) is 5.54. The number of urea groups is 1. The third kappa shape index (κ3) is 3.50. The molecule has 2 unspecified atom stereocenters. The van der Waals surface area contributed by atoms with Crippen LogP contribution in [0.1, 0.15) is 25.8 Å². The van der Waals surface area contributed by atoms with E-state index in [0.29, 0.717) is 17.2 Å². The van der Waals surface area contributed by atoms with Gasteiger partial charge in [0, 0.05) is 18.3 Å². The Morgan fingerprint density at radius 3 is 2.75 bits per heavy atom. The molecule has 2 atom stereocenters. The molecule has 1 aliphatic rings. The van der Waals surface area contributed by atoms with Gasteiger partial charge in [0.2, 0.25) is 0 Å². The van der Waals surface area contributed by atoms with Crippen molar-refractivity contribution in [3.05, 3.63) is 29.8 Å². The van der Waals surface area contributed by atoms with Crippen LogP contribution in [0.3, 0.4) is 0 Å². The van der Waals surface area contributed by atoms with Gasteiger partial charge in [-0.1, -0.05) is 19.1 Å². The first kappa shape index (κ1) is 14.4. The van der Waals surface area contributed by atoms with Crippen molar-refractivity contribution in [1.29, 1.82) is 0 Å². The maximum atomic E-state index is 12.2. The normalized spacial score (nSPS) is 21.8. The molecule has 1 saturated heterocycles. The van der Waals surface area contributed by atoms with Crippen LogP contribution in [0.25, 0.3) is 0 Å². The van der Waals surface area contributed by atoms with Crippen molar-refractivity contribution >= 4 is 17.7 Å². The maximum Gasteiger partial charge on any atom is 0.322 e. The molecule has 0 spiro atoms. The zero-order chi connectivity index (χ0) is 14.7. The largest absolute Gasteiger partial charge is 0.481 e. The standard InChI is InChI=1S/C15H20N2O3/c1-10-6-11(2)17(9-10)15(20)16-13-5-3-4-12(7-13)8-14(18)19/h3-5,7,10-11H,6,8-9H2,1-2H3,(H,16,20)(H,18,19). The van der Waals surface area contributed by atoms with E-state index in [9.17, 15) is 9.59 Å². The molecule has 0 aromatic heterocycles. The Hall–Kier alpha value is -2.04. The number of aliphatic carboxylic acids is 1. The first-order chi connectivity index (χ1) is 9.45. The number of hydrogen-bond donors (Lipinski definition) is 2. The minimum absolute atomic E-state index is 0.0408. The fourth-order valence-electron chi connectivity index (χ4n) is 2.71. The van der Waals surface area contributed by atoms with Gasteiger partial charge in [-0.3, -0.25) is 4.79 Å². The number of carbonyl (C=O) groups is 2. The number of anilines is 1. The number of carboxylic acids is 1. The molecule has 1 fully saturated rings. The molecule has 1 aromatic rings. The highest BCUT2D eigenvalue weighted by Gasteiger charge is 2.29. The minimum atomic E-state index is -0.879. The fraction of sp³-hybridized carbons (Fsp3) is 0.467. The van der Waals surface area contributed by atoms with Crippen molar-refractivity contribution in [3.63, 3.8) is 0 Å². The van der Waals surface area contributed by atoms with Crippen LogP contribution in [0.2, 0.25) is 0 Å². The number of likely N-dealkylation sites (tertiary alicyclic amines) is 1. The summed E-state index contributed by atoms with van der Waals surface area (Å²) in [4.78, 5) is 24.7. The SMILES string of the molecule is CC1CC(C)N(C(=O)Nc2cccc(CC(=O)O)c2)C1. The van der Waals surface area contributed by atoms with Crippen LogP contribution in [-0.2, 0) is 11.2 Å². The predicted octanol–water partition coefficient (Wildman–Crippen LogP) is 2.58. The molecule has 1 aliphatic heterocycles. The Morgan fingerprint density at radius 2 is 2.15 bits per heavy atom. The van der Waals surface area contributed by atoms with Gasteiger partial charge in [-0.25, -0.2) is 4.79 Å². The molecule has 0 aliphatic carbocycles. The first-order valence-corrected chi connectivity index (χ1v) is 6.84. The summed E-state index contributed by atoms with van der Waals surface area (Å²) in [5.41, 5.74) is 1.32. The number of rotatable bonds is 3. The molecular weight excluding hydrogens is 256 g/mol. The van der Waals surface area contributed by atoms with Gasteiger partial charge in [-0.05, 0) is 37.0 Å². The number of hydrogen-bond acceptors (Lipinski definition) is 2. The lowest BCUT2D eigenvalue weighted by molar-refractivity contribution is -0.136. The molecule has 108 valence electrons. The van der Waals surface area contributed by atoms with Crippen molar-refractivity contribution in [2.24, 2.45) is 5.92 Å². The van der Waals surface area contributed by atoms with Gasteiger partial charge >= 0.3 is 12.0 Å². The van der Waals surface area contributed by atoms with Crippen LogP contribution in [0.4, 0.5) is 10.5 Å². The molecule has 2 amide bonds. The molecule has 0 bridgehead atoms. The van der Waals surface area contributed by atoms with Crippen LogP contribution >= 0.6 is 0 Å². The van der Waals surface area contributed by atoms with Crippen LogP contribution in [0, 0.1) is 5.92 Å². The summed E-state index contributed by atoms with van der Waals surface area (Å²) >= 11 is 0. The van der Waals surface area contributed by atoms with Crippen LogP contribution in [0.15, 0.2) is 24.3 Å². The maximum absolute atomic E-state index is 12.2. The summed E-state index contributed by atoms with van der Waals surface area (Å²) in [6, 6.07) is 7.10. The van der Waals surface area contributed by atoms with E-state index in [0.717, 1.165) is 13.0 Å². The van der Waals surface area contributed by atoms with Gasteiger partial charge < -0.3 is 15.3 Å². The van der Waals surface area contributed by atoms with Gasteiger partial charge in [0.1, 0.15) is 0 Å². The van der Waals surface area contributed by atoms with Gasteiger partial charge in [0.05, 0.1) is 6.42 Å². The van der Waals surface area contributed by atoms with Crippen molar-refractivity contribution in [1.82, 2.24) is 4.90 Å². The molecule has 1 aromatic carbocycles. The third-order valence-corrected chi connectivity index (χ3v) is 3.58. The zero-order valence-corrected chi connectivity index (χ0v) is 11.8. The molecule has 1 heterocycles. The Balaban J connectivity index is 2.02. The van der Waals surface area contributed by atoms with E-state index in [1.807, 2.05) is 11.8 Å². The summed E-state index contributed by atoms with van der Waals surface area (Å²) in [6.45, 7) is 4.95. The summed E-state index contributed by atoms with van der Waals surface area (Å²) in [5, 5.41) is 11.6. The Kier molecular flexibility index (Phi) is 4.27. The first-order valence-electron chi connectivity index (χ1n) is 6.84. The van der Waals surface area contributed by atoms with E-state index < -0.39 is 5.97 Å². The summed E-state index contributed by atoms with van der Waals surface area (Å²) < 4.78 is 0.